The molecule has 0 N–H and O–H groups in total. The minimum atomic E-state index is -0.0508. The van der Waals surface area contributed by atoms with Crippen molar-refractivity contribution in [3.63, 3.8) is 0 Å². The van der Waals surface area contributed by atoms with Gasteiger partial charge in [0.2, 0.25) is 0 Å². The number of benzene rings is 1. The third-order valence-corrected chi connectivity index (χ3v) is 4.54. The van der Waals surface area contributed by atoms with Gasteiger partial charge in [-0.3, -0.25) is 0 Å². The molecule has 22 heavy (non-hydrogen) atoms. The lowest BCUT2D eigenvalue weighted by molar-refractivity contribution is 0.121. The summed E-state index contributed by atoms with van der Waals surface area (Å²) in [7, 11) is 0. The fourth-order valence-corrected chi connectivity index (χ4v) is 3.28. The summed E-state index contributed by atoms with van der Waals surface area (Å²) in [5.41, 5.74) is 1.84. The van der Waals surface area contributed by atoms with E-state index in [9.17, 15) is 4.39 Å². The van der Waals surface area contributed by atoms with Gasteiger partial charge in [-0.2, -0.15) is 0 Å². The summed E-state index contributed by atoms with van der Waals surface area (Å²) in [6.07, 6.45) is 11.3. The third-order valence-electron chi connectivity index (χ3n) is 4.54. The molecule has 0 saturated heterocycles. The topological polar surface area (TPSA) is 9.23 Å². The molecule has 1 aliphatic rings. The Kier molecular flexibility index (Phi) is 7.11. The summed E-state index contributed by atoms with van der Waals surface area (Å²) in [6, 6.07) is 5.66. The van der Waals surface area contributed by atoms with Gasteiger partial charge >= 0.3 is 0 Å². The molecule has 0 spiro atoms. The van der Waals surface area contributed by atoms with Gasteiger partial charge in [0, 0.05) is 6.61 Å². The molecule has 1 nitrogen and oxygen atoms in total. The lowest BCUT2D eigenvalue weighted by Gasteiger charge is -2.27. The number of allylic oxidation sites excluding steroid dienone is 2. The highest BCUT2D eigenvalue weighted by Crippen LogP contribution is 2.37. The lowest BCUT2D eigenvalue weighted by atomic mass is 9.78. The minimum Gasteiger partial charge on any atom is -0.377 e. The zero-order valence-corrected chi connectivity index (χ0v) is 14.0. The summed E-state index contributed by atoms with van der Waals surface area (Å²) in [5.74, 6) is 1.03. The Morgan fingerprint density at radius 2 is 1.95 bits per heavy atom. The Morgan fingerprint density at radius 1 is 1.18 bits per heavy atom. The normalized spacial score (nSPS) is 22.3. The number of hydrogen-bond acceptors (Lipinski definition) is 1. The van der Waals surface area contributed by atoms with Crippen LogP contribution in [0.15, 0.2) is 30.4 Å². The largest absolute Gasteiger partial charge is 0.377 e. The molecule has 0 atom stereocenters. The van der Waals surface area contributed by atoms with E-state index in [1.165, 1.54) is 12.8 Å². The van der Waals surface area contributed by atoms with Crippen molar-refractivity contribution in [1.82, 2.24) is 0 Å². The maximum Gasteiger partial charge on any atom is 0.127 e. The van der Waals surface area contributed by atoms with Gasteiger partial charge in [0.1, 0.15) is 5.82 Å². The van der Waals surface area contributed by atoms with Crippen LogP contribution in [0.2, 0.25) is 0 Å². The Morgan fingerprint density at radius 3 is 2.59 bits per heavy atom. The van der Waals surface area contributed by atoms with E-state index in [4.69, 9.17) is 4.74 Å². The van der Waals surface area contributed by atoms with Crippen LogP contribution >= 0.6 is 0 Å². The molecular formula is C20H29FO. The van der Waals surface area contributed by atoms with Gasteiger partial charge < -0.3 is 4.74 Å². The first-order chi connectivity index (χ1) is 10.7. The summed E-state index contributed by atoms with van der Waals surface area (Å²) < 4.78 is 19.9. The van der Waals surface area contributed by atoms with Gasteiger partial charge in [0.05, 0.1) is 6.61 Å². The number of rotatable bonds is 7. The fraction of sp³-hybridized carbons (Fsp3) is 0.600. The quantitative estimate of drug-likeness (QED) is 0.444. The van der Waals surface area contributed by atoms with Crippen molar-refractivity contribution in [1.29, 1.82) is 0 Å². The molecule has 2 heteroatoms. The molecule has 0 radical (unpaired) electrons. The molecule has 0 unspecified atom stereocenters. The highest BCUT2D eigenvalue weighted by molar-refractivity contribution is 5.27. The third kappa shape index (κ3) is 4.95. The molecule has 0 amide bonds. The van der Waals surface area contributed by atoms with Crippen LogP contribution in [0.5, 0.6) is 0 Å². The van der Waals surface area contributed by atoms with Crippen molar-refractivity contribution in [2.75, 3.05) is 6.61 Å². The van der Waals surface area contributed by atoms with Crippen LogP contribution in [0.25, 0.3) is 0 Å². The molecule has 0 bridgehead atoms. The van der Waals surface area contributed by atoms with Crippen LogP contribution in [0.3, 0.4) is 0 Å². The van der Waals surface area contributed by atoms with E-state index in [1.54, 1.807) is 6.07 Å². The van der Waals surface area contributed by atoms with Crippen LogP contribution in [-0.4, -0.2) is 6.61 Å². The first-order valence-electron chi connectivity index (χ1n) is 8.77. The molecule has 1 aromatic carbocycles. The van der Waals surface area contributed by atoms with Crippen LogP contribution < -0.4 is 0 Å². The Bertz CT molecular complexity index is 473. The Hall–Kier alpha value is -1.15. The van der Waals surface area contributed by atoms with E-state index >= 15 is 0 Å². The van der Waals surface area contributed by atoms with E-state index in [-0.39, 0.29) is 5.82 Å². The maximum absolute atomic E-state index is 14.4. The van der Waals surface area contributed by atoms with Crippen molar-refractivity contribution in [2.24, 2.45) is 5.92 Å². The van der Waals surface area contributed by atoms with Crippen molar-refractivity contribution in [3.05, 3.63) is 47.3 Å². The fourth-order valence-electron chi connectivity index (χ4n) is 3.28. The zero-order chi connectivity index (χ0) is 15.8. The predicted octanol–water partition coefficient (Wildman–Crippen LogP) is 5.99. The van der Waals surface area contributed by atoms with Crippen molar-refractivity contribution >= 4 is 0 Å². The number of halogens is 1. The van der Waals surface area contributed by atoms with E-state index in [0.29, 0.717) is 18.4 Å². The summed E-state index contributed by atoms with van der Waals surface area (Å²) >= 11 is 0. The first kappa shape index (κ1) is 17.2. The highest BCUT2D eigenvalue weighted by Gasteiger charge is 2.23. The predicted molar refractivity (Wildman–Crippen MR) is 90.5 cm³/mol. The molecule has 2 rings (SSSR count). The van der Waals surface area contributed by atoms with Gasteiger partial charge in [-0.1, -0.05) is 38.1 Å². The van der Waals surface area contributed by atoms with Crippen molar-refractivity contribution in [3.8, 4) is 0 Å². The van der Waals surface area contributed by atoms with E-state index < -0.39 is 0 Å². The molecule has 1 fully saturated rings. The van der Waals surface area contributed by atoms with Gasteiger partial charge in [0.15, 0.2) is 0 Å². The maximum atomic E-state index is 14.4. The van der Waals surface area contributed by atoms with Crippen molar-refractivity contribution < 1.29 is 9.13 Å². The van der Waals surface area contributed by atoms with E-state index in [2.05, 4.69) is 26.0 Å². The summed E-state index contributed by atoms with van der Waals surface area (Å²) in [6.45, 7) is 5.50. The second-order valence-corrected chi connectivity index (χ2v) is 6.36. The standard InChI is InChI=1S/C20H29FO/c1-3-5-6-16-7-10-18(11-8-16)19-12-9-17(14-20(19)21)15-22-13-4-2/h5-6,9,12,14,16,18H,3-4,7-8,10-11,13,15H2,1-2H3/b6-5+/t16-,18-. The van der Waals surface area contributed by atoms with Gasteiger partial charge in [-0.05, 0) is 67.6 Å². The molecule has 122 valence electrons. The Labute approximate surface area is 134 Å². The van der Waals surface area contributed by atoms with E-state index in [0.717, 1.165) is 43.4 Å². The first-order valence-corrected chi connectivity index (χ1v) is 8.77. The molecule has 1 aliphatic carbocycles. The summed E-state index contributed by atoms with van der Waals surface area (Å²) in [4.78, 5) is 0. The molecular weight excluding hydrogens is 275 g/mol. The van der Waals surface area contributed by atoms with Crippen LogP contribution in [0.4, 0.5) is 4.39 Å². The summed E-state index contributed by atoms with van der Waals surface area (Å²) in [5, 5.41) is 0. The average Bonchev–Trinajstić information content (AvgIpc) is 2.54. The number of ether oxygens (including phenoxy) is 1. The second kappa shape index (κ2) is 9.09. The average molecular weight is 304 g/mol. The second-order valence-electron chi connectivity index (χ2n) is 6.36. The van der Waals surface area contributed by atoms with Crippen LogP contribution in [0, 0.1) is 11.7 Å². The van der Waals surface area contributed by atoms with Gasteiger partial charge in [0.25, 0.3) is 0 Å². The Balaban J connectivity index is 1.91. The smallest absolute Gasteiger partial charge is 0.127 e. The monoisotopic (exact) mass is 304 g/mol. The zero-order valence-electron chi connectivity index (χ0n) is 14.0. The lowest BCUT2D eigenvalue weighted by Crippen LogP contribution is -2.13. The van der Waals surface area contributed by atoms with Crippen LogP contribution in [0.1, 0.15) is 69.4 Å². The minimum absolute atomic E-state index is 0.0508. The molecule has 0 aliphatic heterocycles. The van der Waals surface area contributed by atoms with Crippen LogP contribution in [-0.2, 0) is 11.3 Å². The highest BCUT2D eigenvalue weighted by atomic mass is 19.1. The van der Waals surface area contributed by atoms with E-state index in [1.807, 2.05) is 12.1 Å². The molecule has 0 aromatic heterocycles. The SMILES string of the molecule is CC/C=C/[C@H]1CC[C@H](c2ccc(COCCC)cc2F)CC1. The number of hydrogen-bond donors (Lipinski definition) is 0. The van der Waals surface area contributed by atoms with Gasteiger partial charge in [-0.15, -0.1) is 0 Å². The molecule has 1 aromatic rings. The molecule has 0 heterocycles. The molecule has 1 saturated carbocycles. The van der Waals surface area contributed by atoms with Gasteiger partial charge in [-0.25, -0.2) is 4.39 Å². The van der Waals surface area contributed by atoms with Crippen molar-refractivity contribution in [2.45, 2.75) is 64.9 Å².